The Hall–Kier alpha value is -0.110. The van der Waals surface area contributed by atoms with Gasteiger partial charge in [0.2, 0.25) is 0 Å². The zero-order valence-electron chi connectivity index (χ0n) is 12.6. The van der Waals surface area contributed by atoms with Crippen LogP contribution in [0.4, 0.5) is 0 Å². The van der Waals surface area contributed by atoms with Gasteiger partial charge in [0, 0.05) is 12.3 Å². The second-order valence-corrected chi connectivity index (χ2v) is 6.02. The van der Waals surface area contributed by atoms with Gasteiger partial charge < -0.3 is 9.60 Å². The van der Waals surface area contributed by atoms with Crippen molar-refractivity contribution in [2.45, 2.75) is 78.1 Å². The Bertz CT molecular complexity index is 172. The number of unbranched alkanes of at least 4 members (excludes halogenated alkanes) is 6. The molecule has 0 aromatic rings. The predicted molar refractivity (Wildman–Crippen MR) is 76.6 cm³/mol. The molecule has 1 saturated heterocycles. The first-order chi connectivity index (χ1) is 8.36. The van der Waals surface area contributed by atoms with Crippen molar-refractivity contribution in [3.05, 3.63) is 0 Å². The third kappa shape index (κ3) is 8.07. The minimum Gasteiger partial charge on any atom is -1.00 e. The van der Waals surface area contributed by atoms with Gasteiger partial charge >= 0.3 is 0 Å². The van der Waals surface area contributed by atoms with Crippen molar-refractivity contribution in [3.8, 4) is 0 Å². The van der Waals surface area contributed by atoms with E-state index in [-0.39, 0.29) is 4.70 Å². The average molecular weight is 259 g/mol. The molecule has 1 N–H and O–H groups in total. The molecular formula is C16H34FN. The Labute approximate surface area is 114 Å². The quantitative estimate of drug-likeness (QED) is 0.543. The molecule has 2 unspecified atom stereocenters. The van der Waals surface area contributed by atoms with Crippen LogP contribution in [0.3, 0.4) is 0 Å². The molecule has 0 aromatic carbocycles. The smallest absolute Gasteiger partial charge is 0.0801 e. The largest absolute Gasteiger partial charge is 1.00 e. The van der Waals surface area contributed by atoms with Gasteiger partial charge in [-0.3, -0.25) is 0 Å². The molecule has 1 rings (SSSR count). The highest BCUT2D eigenvalue weighted by molar-refractivity contribution is 4.62. The molecule has 0 amide bonds. The minimum absolute atomic E-state index is 0. The third-order valence-electron chi connectivity index (χ3n) is 4.33. The summed E-state index contributed by atoms with van der Waals surface area (Å²) in [5, 5.41) is 0. The molecule has 1 heterocycles. The van der Waals surface area contributed by atoms with Gasteiger partial charge in [0.25, 0.3) is 0 Å². The van der Waals surface area contributed by atoms with Crippen LogP contribution >= 0.6 is 0 Å². The average Bonchev–Trinajstić information content (AvgIpc) is 2.79. The van der Waals surface area contributed by atoms with E-state index in [0.29, 0.717) is 0 Å². The first kappa shape index (κ1) is 17.9. The van der Waals surface area contributed by atoms with E-state index in [1.165, 1.54) is 83.8 Å². The molecule has 1 nitrogen and oxygen atoms in total. The summed E-state index contributed by atoms with van der Waals surface area (Å²) in [5.74, 6) is 1.06. The van der Waals surface area contributed by atoms with Crippen LogP contribution in [0, 0.1) is 5.92 Å². The van der Waals surface area contributed by atoms with Crippen molar-refractivity contribution >= 4 is 0 Å². The summed E-state index contributed by atoms with van der Waals surface area (Å²) in [6.07, 6.45) is 14.5. The maximum absolute atomic E-state index is 2.32. The maximum atomic E-state index is 2.32. The second-order valence-electron chi connectivity index (χ2n) is 6.02. The molecule has 1 fully saturated rings. The Kier molecular flexibility index (Phi) is 11.9. The number of rotatable bonds is 10. The third-order valence-corrected chi connectivity index (χ3v) is 4.33. The number of hydrogen-bond donors (Lipinski definition) is 1. The predicted octanol–water partition coefficient (Wildman–Crippen LogP) is 0.446. The van der Waals surface area contributed by atoms with Gasteiger partial charge in [-0.05, 0) is 19.3 Å². The summed E-state index contributed by atoms with van der Waals surface area (Å²) in [5.41, 5.74) is 0. The number of likely N-dealkylation sites (tertiary alicyclic amines) is 1. The van der Waals surface area contributed by atoms with Crippen LogP contribution in [0.5, 0.6) is 0 Å². The van der Waals surface area contributed by atoms with E-state index in [0.717, 1.165) is 5.92 Å². The summed E-state index contributed by atoms with van der Waals surface area (Å²) in [6, 6.07) is 0. The van der Waals surface area contributed by atoms with Crippen molar-refractivity contribution in [2.75, 3.05) is 19.6 Å². The Morgan fingerprint density at radius 1 is 0.889 bits per heavy atom. The van der Waals surface area contributed by atoms with Crippen LogP contribution < -0.4 is 9.60 Å². The Morgan fingerprint density at radius 3 is 2.28 bits per heavy atom. The van der Waals surface area contributed by atoms with Gasteiger partial charge in [0.05, 0.1) is 19.6 Å². The second kappa shape index (κ2) is 12.0. The number of hydrogen-bond acceptors (Lipinski definition) is 0. The minimum atomic E-state index is 0. The molecule has 1 aliphatic heterocycles. The molecule has 0 aromatic heterocycles. The summed E-state index contributed by atoms with van der Waals surface area (Å²) in [6.45, 7) is 9.01. The summed E-state index contributed by atoms with van der Waals surface area (Å²) in [4.78, 5) is 1.90. The van der Waals surface area contributed by atoms with Crippen LogP contribution in [0.1, 0.15) is 78.1 Å². The van der Waals surface area contributed by atoms with Gasteiger partial charge in [-0.1, -0.05) is 52.4 Å². The molecule has 2 atom stereocenters. The van der Waals surface area contributed by atoms with E-state index >= 15 is 0 Å². The van der Waals surface area contributed by atoms with Gasteiger partial charge in [0.1, 0.15) is 0 Å². The van der Waals surface area contributed by atoms with Crippen molar-refractivity contribution < 1.29 is 9.60 Å². The van der Waals surface area contributed by atoms with Crippen molar-refractivity contribution in [2.24, 2.45) is 5.92 Å². The van der Waals surface area contributed by atoms with E-state index in [4.69, 9.17) is 0 Å². The molecule has 1 aliphatic rings. The lowest BCUT2D eigenvalue weighted by Gasteiger charge is -2.13. The van der Waals surface area contributed by atoms with Crippen molar-refractivity contribution in [3.63, 3.8) is 0 Å². The molecule has 2 heteroatoms. The highest BCUT2D eigenvalue weighted by Crippen LogP contribution is 2.13. The van der Waals surface area contributed by atoms with Gasteiger partial charge in [-0.2, -0.15) is 0 Å². The van der Waals surface area contributed by atoms with Gasteiger partial charge in [-0.25, -0.2) is 0 Å². The first-order valence-corrected chi connectivity index (χ1v) is 8.20. The van der Waals surface area contributed by atoms with Crippen LogP contribution in [0.25, 0.3) is 0 Å². The van der Waals surface area contributed by atoms with E-state index in [9.17, 15) is 0 Å². The molecular weight excluding hydrogens is 225 g/mol. The summed E-state index contributed by atoms with van der Waals surface area (Å²) >= 11 is 0. The SMILES string of the molecule is CCCCCCCC[NH+]1CCC(CCCC)C1.[F-]. The molecule has 0 radical (unpaired) electrons. The lowest BCUT2D eigenvalue weighted by molar-refractivity contribution is -0.889. The molecule has 0 spiro atoms. The number of quaternary nitrogens is 1. The molecule has 0 aliphatic carbocycles. The van der Waals surface area contributed by atoms with E-state index < -0.39 is 0 Å². The van der Waals surface area contributed by atoms with Crippen LogP contribution in [-0.4, -0.2) is 19.6 Å². The zero-order valence-corrected chi connectivity index (χ0v) is 12.6. The lowest BCUT2D eigenvalue weighted by atomic mass is 10.0. The highest BCUT2D eigenvalue weighted by atomic mass is 19.0. The maximum Gasteiger partial charge on any atom is 0.0801 e. The lowest BCUT2D eigenvalue weighted by Crippen LogP contribution is -3.10. The van der Waals surface area contributed by atoms with Crippen molar-refractivity contribution in [1.29, 1.82) is 0 Å². The highest BCUT2D eigenvalue weighted by Gasteiger charge is 2.24. The first-order valence-electron chi connectivity index (χ1n) is 8.20. The fraction of sp³-hybridized carbons (Fsp3) is 1.00. The fourth-order valence-corrected chi connectivity index (χ4v) is 3.14. The van der Waals surface area contributed by atoms with Gasteiger partial charge in [-0.15, -0.1) is 0 Å². The molecule has 0 saturated carbocycles. The fourth-order valence-electron chi connectivity index (χ4n) is 3.14. The number of halogens is 1. The zero-order chi connectivity index (χ0) is 12.3. The van der Waals surface area contributed by atoms with E-state index in [1.54, 1.807) is 0 Å². The Morgan fingerprint density at radius 2 is 1.56 bits per heavy atom. The topological polar surface area (TPSA) is 4.44 Å². The van der Waals surface area contributed by atoms with E-state index in [2.05, 4.69) is 13.8 Å². The monoisotopic (exact) mass is 259 g/mol. The number of nitrogens with one attached hydrogen (secondary N) is 1. The molecule has 18 heavy (non-hydrogen) atoms. The van der Waals surface area contributed by atoms with E-state index in [1.807, 2.05) is 4.90 Å². The molecule has 110 valence electrons. The van der Waals surface area contributed by atoms with Crippen LogP contribution in [0.2, 0.25) is 0 Å². The van der Waals surface area contributed by atoms with Gasteiger partial charge in [0.15, 0.2) is 0 Å². The van der Waals surface area contributed by atoms with Crippen molar-refractivity contribution in [1.82, 2.24) is 0 Å². The normalized spacial score (nSPS) is 23.0. The molecule has 0 bridgehead atoms. The summed E-state index contributed by atoms with van der Waals surface area (Å²) in [7, 11) is 0. The van der Waals surface area contributed by atoms with Crippen LogP contribution in [-0.2, 0) is 0 Å². The Balaban J connectivity index is 0.00000289. The standard InChI is InChI=1S/C16H33N.FH/c1-3-5-7-8-9-10-13-17-14-12-16(15-17)11-6-4-2;/h16H,3-15H2,1-2H3;1H. The van der Waals surface area contributed by atoms with Crippen LogP contribution in [0.15, 0.2) is 0 Å². The summed E-state index contributed by atoms with van der Waals surface area (Å²) < 4.78 is 0.